The third-order valence-electron chi connectivity index (χ3n) is 3.32. The lowest BCUT2D eigenvalue weighted by atomic mass is 10.1. The van der Waals surface area contributed by atoms with Crippen molar-refractivity contribution < 1.29 is 9.47 Å². The molecular formula is C14H22N2O2. The Hall–Kier alpha value is -1.29. The Kier molecular flexibility index (Phi) is 3.76. The molecule has 4 heteroatoms. The third-order valence-corrected chi connectivity index (χ3v) is 3.32. The summed E-state index contributed by atoms with van der Waals surface area (Å²) in [5.74, 6) is 1.52. The Bertz CT molecular complexity index is 401. The maximum absolute atomic E-state index is 5.96. The van der Waals surface area contributed by atoms with Crippen LogP contribution in [0.3, 0.4) is 0 Å². The van der Waals surface area contributed by atoms with Gasteiger partial charge >= 0.3 is 0 Å². The van der Waals surface area contributed by atoms with Gasteiger partial charge in [-0.25, -0.2) is 0 Å². The van der Waals surface area contributed by atoms with E-state index in [0.29, 0.717) is 0 Å². The number of rotatable bonds is 3. The average Bonchev–Trinajstić information content (AvgIpc) is 2.77. The van der Waals surface area contributed by atoms with Crippen molar-refractivity contribution in [3.63, 3.8) is 0 Å². The van der Waals surface area contributed by atoms with E-state index < -0.39 is 0 Å². The molecule has 1 atom stereocenters. The standard InChI is InChI=1S/C14H22N2O2/c1-14(2,3)16-6-5-11(10-16)18-13-7-12(17-4)8-15-9-13/h7-9,11H,5-6,10H2,1-4H3. The zero-order valence-corrected chi connectivity index (χ0v) is 11.6. The highest BCUT2D eigenvalue weighted by Crippen LogP contribution is 2.25. The maximum atomic E-state index is 5.96. The second-order valence-electron chi connectivity index (χ2n) is 5.71. The van der Waals surface area contributed by atoms with Gasteiger partial charge in [0.05, 0.1) is 19.5 Å². The van der Waals surface area contributed by atoms with Crippen LogP contribution in [0.4, 0.5) is 0 Å². The quantitative estimate of drug-likeness (QED) is 0.824. The highest BCUT2D eigenvalue weighted by molar-refractivity contribution is 5.28. The normalized spacial score (nSPS) is 21.0. The van der Waals surface area contributed by atoms with Crippen LogP contribution in [0.2, 0.25) is 0 Å². The summed E-state index contributed by atoms with van der Waals surface area (Å²) in [6, 6.07) is 1.88. The molecule has 0 aliphatic carbocycles. The van der Waals surface area contributed by atoms with Gasteiger partial charge < -0.3 is 9.47 Å². The second-order valence-corrected chi connectivity index (χ2v) is 5.71. The minimum absolute atomic E-state index is 0.213. The molecule has 0 bridgehead atoms. The summed E-state index contributed by atoms with van der Waals surface area (Å²) in [5.41, 5.74) is 0.213. The number of methoxy groups -OCH3 is 1. The number of nitrogens with zero attached hydrogens (tertiary/aromatic N) is 2. The van der Waals surface area contributed by atoms with Gasteiger partial charge in [0.15, 0.2) is 0 Å². The van der Waals surface area contributed by atoms with E-state index in [0.717, 1.165) is 31.0 Å². The van der Waals surface area contributed by atoms with Gasteiger partial charge in [-0.05, 0) is 27.2 Å². The second kappa shape index (κ2) is 5.14. The van der Waals surface area contributed by atoms with Gasteiger partial charge in [0, 0.05) is 24.7 Å². The average molecular weight is 250 g/mol. The lowest BCUT2D eigenvalue weighted by Gasteiger charge is -2.31. The van der Waals surface area contributed by atoms with E-state index in [1.165, 1.54) is 0 Å². The van der Waals surface area contributed by atoms with Crippen LogP contribution in [0.5, 0.6) is 11.5 Å². The fourth-order valence-corrected chi connectivity index (χ4v) is 2.20. The molecule has 1 aromatic heterocycles. The molecule has 1 aromatic rings. The topological polar surface area (TPSA) is 34.6 Å². The molecule has 1 aliphatic heterocycles. The molecular weight excluding hydrogens is 228 g/mol. The molecule has 0 spiro atoms. The smallest absolute Gasteiger partial charge is 0.141 e. The predicted octanol–water partition coefficient (Wildman–Crippen LogP) is 2.34. The van der Waals surface area contributed by atoms with Gasteiger partial charge in [0.2, 0.25) is 0 Å². The monoisotopic (exact) mass is 250 g/mol. The van der Waals surface area contributed by atoms with Crippen LogP contribution in [-0.4, -0.2) is 41.7 Å². The van der Waals surface area contributed by atoms with Crippen molar-refractivity contribution in [2.24, 2.45) is 0 Å². The largest absolute Gasteiger partial charge is 0.495 e. The molecule has 2 heterocycles. The molecule has 2 rings (SSSR count). The van der Waals surface area contributed by atoms with Crippen molar-refractivity contribution in [3.05, 3.63) is 18.5 Å². The van der Waals surface area contributed by atoms with Crippen LogP contribution in [0.25, 0.3) is 0 Å². The van der Waals surface area contributed by atoms with E-state index in [1.54, 1.807) is 19.5 Å². The number of likely N-dealkylation sites (tertiary alicyclic amines) is 1. The van der Waals surface area contributed by atoms with E-state index in [-0.39, 0.29) is 11.6 Å². The fourth-order valence-electron chi connectivity index (χ4n) is 2.20. The summed E-state index contributed by atoms with van der Waals surface area (Å²) in [6.45, 7) is 8.78. The van der Waals surface area contributed by atoms with Gasteiger partial charge in [-0.1, -0.05) is 0 Å². The molecule has 0 N–H and O–H groups in total. The molecule has 1 saturated heterocycles. The molecule has 18 heavy (non-hydrogen) atoms. The van der Waals surface area contributed by atoms with Crippen molar-refractivity contribution in [1.82, 2.24) is 9.88 Å². The Morgan fingerprint density at radius 2 is 2.00 bits per heavy atom. The van der Waals surface area contributed by atoms with Crippen LogP contribution in [0, 0.1) is 0 Å². The van der Waals surface area contributed by atoms with E-state index in [4.69, 9.17) is 9.47 Å². The highest BCUT2D eigenvalue weighted by atomic mass is 16.5. The lowest BCUT2D eigenvalue weighted by Crippen LogP contribution is -2.40. The SMILES string of the molecule is COc1cncc(OC2CCN(C(C)(C)C)C2)c1. The summed E-state index contributed by atoms with van der Waals surface area (Å²) >= 11 is 0. The van der Waals surface area contributed by atoms with Gasteiger partial charge in [-0.3, -0.25) is 9.88 Å². The minimum Gasteiger partial charge on any atom is -0.495 e. The van der Waals surface area contributed by atoms with Crippen molar-refractivity contribution in [2.45, 2.75) is 38.8 Å². The Balaban J connectivity index is 1.95. The first-order valence-electron chi connectivity index (χ1n) is 6.40. The first-order chi connectivity index (χ1) is 8.49. The van der Waals surface area contributed by atoms with Crippen molar-refractivity contribution in [2.75, 3.05) is 20.2 Å². The Labute approximate surface area is 109 Å². The van der Waals surface area contributed by atoms with Crippen molar-refractivity contribution in [3.8, 4) is 11.5 Å². The molecule has 0 saturated carbocycles. The Morgan fingerprint density at radius 3 is 2.61 bits per heavy atom. The fraction of sp³-hybridized carbons (Fsp3) is 0.643. The molecule has 1 fully saturated rings. The molecule has 100 valence electrons. The summed E-state index contributed by atoms with van der Waals surface area (Å²) < 4.78 is 11.1. The van der Waals surface area contributed by atoms with Crippen LogP contribution in [0.15, 0.2) is 18.5 Å². The molecule has 4 nitrogen and oxygen atoms in total. The molecule has 0 aromatic carbocycles. The lowest BCUT2D eigenvalue weighted by molar-refractivity contribution is 0.140. The van der Waals surface area contributed by atoms with Gasteiger partial charge in [-0.15, -0.1) is 0 Å². The van der Waals surface area contributed by atoms with Crippen LogP contribution < -0.4 is 9.47 Å². The zero-order chi connectivity index (χ0) is 13.2. The number of ether oxygens (including phenoxy) is 2. The Morgan fingerprint density at radius 1 is 1.28 bits per heavy atom. The van der Waals surface area contributed by atoms with E-state index in [9.17, 15) is 0 Å². The van der Waals surface area contributed by atoms with Crippen molar-refractivity contribution >= 4 is 0 Å². The van der Waals surface area contributed by atoms with Crippen LogP contribution in [-0.2, 0) is 0 Å². The first-order valence-corrected chi connectivity index (χ1v) is 6.40. The van der Waals surface area contributed by atoms with E-state index >= 15 is 0 Å². The van der Waals surface area contributed by atoms with Crippen LogP contribution >= 0.6 is 0 Å². The maximum Gasteiger partial charge on any atom is 0.141 e. The highest BCUT2D eigenvalue weighted by Gasteiger charge is 2.31. The zero-order valence-electron chi connectivity index (χ0n) is 11.6. The third kappa shape index (κ3) is 3.13. The minimum atomic E-state index is 0.213. The molecule has 1 aliphatic rings. The summed E-state index contributed by atoms with van der Waals surface area (Å²) in [7, 11) is 1.64. The predicted molar refractivity (Wildman–Crippen MR) is 71.1 cm³/mol. The molecule has 0 amide bonds. The number of hydrogen-bond donors (Lipinski definition) is 0. The van der Waals surface area contributed by atoms with E-state index in [2.05, 4.69) is 30.7 Å². The summed E-state index contributed by atoms with van der Waals surface area (Å²) in [5, 5.41) is 0. The number of pyridine rings is 1. The number of aromatic nitrogens is 1. The van der Waals surface area contributed by atoms with Crippen LogP contribution in [0.1, 0.15) is 27.2 Å². The number of hydrogen-bond acceptors (Lipinski definition) is 4. The molecule has 1 unspecified atom stereocenters. The van der Waals surface area contributed by atoms with E-state index in [1.807, 2.05) is 6.07 Å². The van der Waals surface area contributed by atoms with Gasteiger partial charge in [0.25, 0.3) is 0 Å². The first kappa shape index (κ1) is 13.1. The van der Waals surface area contributed by atoms with Gasteiger partial charge in [-0.2, -0.15) is 0 Å². The van der Waals surface area contributed by atoms with Crippen molar-refractivity contribution in [1.29, 1.82) is 0 Å². The summed E-state index contributed by atoms with van der Waals surface area (Å²) in [4.78, 5) is 6.55. The molecule has 0 radical (unpaired) electrons. The van der Waals surface area contributed by atoms with Gasteiger partial charge in [0.1, 0.15) is 17.6 Å². The summed E-state index contributed by atoms with van der Waals surface area (Å²) in [6.07, 6.45) is 4.73.